The third-order valence-corrected chi connectivity index (χ3v) is 4.35. The first kappa shape index (κ1) is 16.8. The molecule has 0 saturated carbocycles. The van der Waals surface area contributed by atoms with Crippen LogP contribution in [0.3, 0.4) is 0 Å². The monoisotopic (exact) mass is 315 g/mol. The fraction of sp³-hybridized carbons (Fsp3) is 0.333. The average molecular weight is 315 g/mol. The van der Waals surface area contributed by atoms with Crippen LogP contribution < -0.4 is 5.32 Å². The molecule has 0 spiro atoms. The molecular formula is C18H21NO4. The summed E-state index contributed by atoms with van der Waals surface area (Å²) in [6, 6.07) is 11.2. The number of hydrogen-bond donors (Lipinski definition) is 2. The number of carboxylic acids is 1. The molecule has 1 aromatic carbocycles. The minimum absolute atomic E-state index is 0.0725. The summed E-state index contributed by atoms with van der Waals surface area (Å²) < 4.78 is 5.31. The lowest BCUT2D eigenvalue weighted by Crippen LogP contribution is -2.42. The van der Waals surface area contributed by atoms with Gasteiger partial charge in [0.1, 0.15) is 0 Å². The highest BCUT2D eigenvalue weighted by atomic mass is 16.4. The lowest BCUT2D eigenvalue weighted by molar-refractivity contribution is -0.149. The van der Waals surface area contributed by atoms with Crippen LogP contribution in [-0.4, -0.2) is 23.5 Å². The average Bonchev–Trinajstić information content (AvgIpc) is 3.06. The Kier molecular flexibility index (Phi) is 5.21. The summed E-state index contributed by atoms with van der Waals surface area (Å²) in [5, 5.41) is 12.1. The van der Waals surface area contributed by atoms with E-state index in [1.807, 2.05) is 44.2 Å². The van der Waals surface area contributed by atoms with E-state index in [2.05, 4.69) is 5.32 Å². The number of carbonyl (C=O) groups excluding carboxylic acids is 1. The van der Waals surface area contributed by atoms with Gasteiger partial charge < -0.3 is 14.8 Å². The highest BCUT2D eigenvalue weighted by Crippen LogP contribution is 2.27. The number of carboxylic acid groups (broad SMARTS) is 1. The molecule has 0 aliphatic rings. The van der Waals surface area contributed by atoms with E-state index in [-0.39, 0.29) is 12.3 Å². The van der Waals surface area contributed by atoms with Gasteiger partial charge in [0, 0.05) is 12.1 Å². The van der Waals surface area contributed by atoms with Gasteiger partial charge in [-0.15, -0.1) is 0 Å². The maximum absolute atomic E-state index is 12.4. The maximum Gasteiger partial charge on any atom is 0.311 e. The zero-order valence-corrected chi connectivity index (χ0v) is 13.3. The van der Waals surface area contributed by atoms with E-state index in [0.717, 1.165) is 5.56 Å². The Morgan fingerprint density at radius 1 is 1.13 bits per heavy atom. The number of benzene rings is 1. The van der Waals surface area contributed by atoms with Gasteiger partial charge in [-0.1, -0.05) is 44.2 Å². The molecule has 2 aromatic rings. The molecule has 0 aliphatic heterocycles. The van der Waals surface area contributed by atoms with Gasteiger partial charge in [0.05, 0.1) is 11.7 Å². The van der Waals surface area contributed by atoms with Crippen molar-refractivity contribution >= 4 is 11.9 Å². The third-order valence-electron chi connectivity index (χ3n) is 4.35. The van der Waals surface area contributed by atoms with Gasteiger partial charge in [0.25, 0.3) is 5.91 Å². The van der Waals surface area contributed by atoms with E-state index < -0.39 is 17.3 Å². The molecule has 0 saturated heterocycles. The van der Waals surface area contributed by atoms with Crippen LogP contribution in [0.15, 0.2) is 47.1 Å². The number of aliphatic carboxylic acids is 1. The fourth-order valence-electron chi connectivity index (χ4n) is 2.54. The predicted octanol–water partition coefficient (Wildman–Crippen LogP) is 3.57. The molecule has 1 aromatic heterocycles. The van der Waals surface area contributed by atoms with Crippen LogP contribution in [0.1, 0.15) is 37.2 Å². The Balaban J connectivity index is 2.17. The van der Waals surface area contributed by atoms with Gasteiger partial charge in [-0.25, -0.2) is 0 Å². The van der Waals surface area contributed by atoms with Crippen LogP contribution in [-0.2, 0) is 4.79 Å². The number of furan rings is 1. The molecule has 0 bridgehead atoms. The van der Waals surface area contributed by atoms with E-state index in [1.165, 1.54) is 6.26 Å². The summed E-state index contributed by atoms with van der Waals surface area (Å²) >= 11 is 0. The summed E-state index contributed by atoms with van der Waals surface area (Å²) in [6.45, 7) is 3.70. The number of carbonyl (C=O) groups is 2. The molecule has 0 radical (unpaired) electrons. The van der Waals surface area contributed by atoms with E-state index in [1.54, 1.807) is 6.07 Å². The molecule has 23 heavy (non-hydrogen) atoms. The normalized spacial score (nSPS) is 11.2. The number of amides is 1. The molecular weight excluding hydrogens is 294 g/mol. The van der Waals surface area contributed by atoms with Gasteiger partial charge in [-0.3, -0.25) is 9.59 Å². The van der Waals surface area contributed by atoms with Gasteiger partial charge in [0.15, 0.2) is 5.76 Å². The van der Waals surface area contributed by atoms with Crippen molar-refractivity contribution < 1.29 is 19.1 Å². The Morgan fingerprint density at radius 3 is 2.35 bits per heavy atom. The zero-order valence-electron chi connectivity index (χ0n) is 13.3. The van der Waals surface area contributed by atoms with Crippen molar-refractivity contribution in [3.05, 3.63) is 48.4 Å². The van der Waals surface area contributed by atoms with Crippen molar-refractivity contribution in [2.45, 2.75) is 26.7 Å². The first-order valence-electron chi connectivity index (χ1n) is 7.68. The van der Waals surface area contributed by atoms with Crippen LogP contribution in [0.2, 0.25) is 0 Å². The second-order valence-corrected chi connectivity index (χ2v) is 5.50. The van der Waals surface area contributed by atoms with Crippen LogP contribution in [0.5, 0.6) is 0 Å². The first-order chi connectivity index (χ1) is 11.0. The number of rotatable bonds is 7. The molecule has 0 aliphatic carbocycles. The van der Waals surface area contributed by atoms with Gasteiger partial charge in [0.2, 0.25) is 0 Å². The van der Waals surface area contributed by atoms with Gasteiger partial charge in [-0.05, 0) is 24.5 Å². The molecule has 2 rings (SSSR count). The summed E-state index contributed by atoms with van der Waals surface area (Å²) in [5.41, 5.74) is 0.619. The Morgan fingerprint density at radius 2 is 1.78 bits per heavy atom. The van der Waals surface area contributed by atoms with E-state index >= 15 is 0 Å². The summed E-state index contributed by atoms with van der Waals surface area (Å²) in [7, 11) is 0. The first-order valence-corrected chi connectivity index (χ1v) is 7.68. The third kappa shape index (κ3) is 3.44. The molecule has 1 amide bonds. The number of hydrogen-bond acceptors (Lipinski definition) is 3. The molecule has 0 unspecified atom stereocenters. The van der Waals surface area contributed by atoms with Gasteiger partial charge in [-0.2, -0.15) is 0 Å². The molecule has 1 heterocycles. The second-order valence-electron chi connectivity index (χ2n) is 5.50. The van der Waals surface area contributed by atoms with Crippen LogP contribution in [0.25, 0.3) is 11.1 Å². The minimum Gasteiger partial charge on any atom is -0.481 e. The highest BCUT2D eigenvalue weighted by molar-refractivity contribution is 5.98. The van der Waals surface area contributed by atoms with E-state index in [9.17, 15) is 14.7 Å². The molecule has 5 nitrogen and oxygen atoms in total. The van der Waals surface area contributed by atoms with Crippen LogP contribution in [0, 0.1) is 5.41 Å². The SMILES string of the molecule is CCC(CC)(CNC(=O)c1occc1-c1ccccc1)C(=O)O. The highest BCUT2D eigenvalue weighted by Gasteiger charge is 2.35. The van der Waals surface area contributed by atoms with E-state index in [4.69, 9.17) is 4.42 Å². The molecule has 2 N–H and O–H groups in total. The minimum atomic E-state index is -0.949. The Hall–Kier alpha value is -2.56. The van der Waals surface area contributed by atoms with Crippen LogP contribution >= 0.6 is 0 Å². The standard InChI is InChI=1S/C18H21NO4/c1-3-18(4-2,17(21)22)12-19-16(20)15-14(10-11-23-15)13-8-6-5-7-9-13/h5-11H,3-4,12H2,1-2H3,(H,19,20)(H,21,22). The zero-order chi connectivity index (χ0) is 16.9. The lowest BCUT2D eigenvalue weighted by Gasteiger charge is -2.26. The van der Waals surface area contributed by atoms with Crippen molar-refractivity contribution in [3.63, 3.8) is 0 Å². The summed E-state index contributed by atoms with van der Waals surface area (Å²) in [5.74, 6) is -1.10. The topological polar surface area (TPSA) is 79.5 Å². The van der Waals surface area contributed by atoms with Crippen molar-refractivity contribution in [1.82, 2.24) is 5.32 Å². The van der Waals surface area contributed by atoms with E-state index in [0.29, 0.717) is 18.4 Å². The second kappa shape index (κ2) is 7.13. The van der Waals surface area contributed by atoms with Crippen LogP contribution in [0.4, 0.5) is 0 Å². The molecule has 0 fully saturated rings. The Bertz CT molecular complexity index is 671. The lowest BCUT2D eigenvalue weighted by atomic mass is 9.82. The van der Waals surface area contributed by atoms with Crippen molar-refractivity contribution in [3.8, 4) is 11.1 Å². The van der Waals surface area contributed by atoms with Gasteiger partial charge >= 0.3 is 5.97 Å². The largest absolute Gasteiger partial charge is 0.481 e. The van der Waals surface area contributed by atoms with Crippen molar-refractivity contribution in [2.75, 3.05) is 6.54 Å². The molecule has 122 valence electrons. The molecule has 5 heteroatoms. The Labute approximate surface area is 135 Å². The smallest absolute Gasteiger partial charge is 0.311 e. The quantitative estimate of drug-likeness (QED) is 0.818. The summed E-state index contributed by atoms with van der Waals surface area (Å²) in [6.07, 6.45) is 2.35. The predicted molar refractivity (Wildman–Crippen MR) is 87.1 cm³/mol. The number of nitrogens with one attached hydrogen (secondary N) is 1. The fourth-order valence-corrected chi connectivity index (χ4v) is 2.54. The molecule has 0 atom stereocenters. The van der Waals surface area contributed by atoms with Crippen molar-refractivity contribution in [2.24, 2.45) is 5.41 Å². The summed E-state index contributed by atoms with van der Waals surface area (Å²) in [4.78, 5) is 23.9. The maximum atomic E-state index is 12.4. The van der Waals surface area contributed by atoms with Crippen molar-refractivity contribution in [1.29, 1.82) is 0 Å².